The van der Waals surface area contributed by atoms with Gasteiger partial charge in [0, 0.05) is 69.4 Å². The summed E-state index contributed by atoms with van der Waals surface area (Å²) in [7, 11) is 3.41. The van der Waals surface area contributed by atoms with E-state index >= 15 is 14.4 Å². The van der Waals surface area contributed by atoms with E-state index in [-0.39, 0.29) is 109 Å². The van der Waals surface area contributed by atoms with E-state index in [9.17, 15) is 33.6 Å². The molecule has 0 aliphatic carbocycles. The summed E-state index contributed by atoms with van der Waals surface area (Å²) >= 11 is 0. The first-order valence-electron chi connectivity index (χ1n) is 37.1. The van der Waals surface area contributed by atoms with Gasteiger partial charge in [-0.1, -0.05) is 172 Å². The highest BCUT2D eigenvalue weighted by Gasteiger charge is 2.52. The molecule has 0 spiro atoms. The van der Waals surface area contributed by atoms with Crippen molar-refractivity contribution in [3.05, 3.63) is 200 Å². The Kier molecular flexibility index (Phi) is 27.1. The first kappa shape index (κ1) is 75.5. The predicted octanol–water partition coefficient (Wildman–Crippen LogP) is 7.67. The van der Waals surface area contributed by atoms with Crippen molar-refractivity contribution >= 4 is 58.4 Å². The Morgan fingerprint density at radius 2 is 0.980 bits per heavy atom. The molecule has 4 aliphatic heterocycles. The summed E-state index contributed by atoms with van der Waals surface area (Å²) in [5.74, 6) is -3.10. The average molecular weight is 1390 g/mol. The van der Waals surface area contributed by atoms with Crippen molar-refractivity contribution in [2.75, 3.05) is 50.9 Å². The number of Topliss-reactive ketones (excluding diaryl/α,β-unsaturated/α-hetero) is 2. The van der Waals surface area contributed by atoms with Crippen LogP contribution in [-0.2, 0) is 50.4 Å². The number of hydrogen-bond acceptors (Lipinski definition) is 15. The second-order valence-corrected chi connectivity index (χ2v) is 28.0. The monoisotopic (exact) mass is 1390 g/mol. The fourth-order valence-electron chi connectivity index (χ4n) is 16.0. The van der Waals surface area contributed by atoms with Crippen LogP contribution in [0.1, 0.15) is 163 Å². The number of ketones is 2. The van der Waals surface area contributed by atoms with E-state index < -0.39 is 64.5 Å². The van der Waals surface area contributed by atoms with Crippen molar-refractivity contribution in [2.45, 2.75) is 196 Å². The minimum atomic E-state index is -1.64. The number of nitrogens with one attached hydrogen (secondary N) is 9. The van der Waals surface area contributed by atoms with Crippen LogP contribution in [0.3, 0.4) is 0 Å². The maximum atomic E-state index is 15.3. The van der Waals surface area contributed by atoms with Gasteiger partial charge in [0.1, 0.15) is 35.0 Å². The Labute approximate surface area is 599 Å². The van der Waals surface area contributed by atoms with Crippen LogP contribution in [0.5, 0.6) is 0 Å². The molecule has 21 nitrogen and oxygen atoms in total. The Morgan fingerprint density at radius 1 is 0.510 bits per heavy atom. The number of anilines is 2. The number of nitrogens with zero attached hydrogens (tertiary/aromatic N) is 2. The number of likely N-dealkylation sites (N-methyl/N-ethyl adjacent to an activating group) is 2. The molecule has 10 atom stereocenters. The van der Waals surface area contributed by atoms with Crippen molar-refractivity contribution in [3.63, 3.8) is 0 Å². The van der Waals surface area contributed by atoms with E-state index in [0.29, 0.717) is 127 Å². The molecule has 21 heteroatoms. The van der Waals surface area contributed by atoms with Gasteiger partial charge in [0.25, 0.3) is 10.9 Å². The third-order valence-corrected chi connectivity index (χ3v) is 21.7. The molecular weight excluding hydrogens is 1290 g/mol. The lowest BCUT2D eigenvalue weighted by Gasteiger charge is -2.38. The first-order valence-corrected chi connectivity index (χ1v) is 37.1. The molecule has 102 heavy (non-hydrogen) atoms. The Bertz CT molecular complexity index is 3770. The minimum Gasteiger partial charge on any atom is -0.380 e. The normalized spacial score (nSPS) is 21.1. The lowest BCUT2D eigenvalue weighted by molar-refractivity contribution is -0.144. The Morgan fingerprint density at radius 3 is 1.51 bits per heavy atom. The Hall–Kier alpha value is -9.18. The zero-order valence-electron chi connectivity index (χ0n) is 59.5. The van der Waals surface area contributed by atoms with Crippen molar-refractivity contribution < 1.29 is 38.4 Å². The third kappa shape index (κ3) is 18.0. The highest BCUT2D eigenvalue weighted by molar-refractivity contribution is 6.00. The van der Waals surface area contributed by atoms with Gasteiger partial charge in [-0.05, 0) is 144 Å². The largest absolute Gasteiger partial charge is 0.380 e. The third-order valence-electron chi connectivity index (χ3n) is 21.7. The number of carbonyl (C=O) groups is 8. The number of benzene rings is 5. The molecule has 542 valence electrons. The molecule has 6 amide bonds. The fraction of sp³-hybridized carbons (Fsp3) is 0.481. The van der Waals surface area contributed by atoms with Crippen LogP contribution in [0.4, 0.5) is 11.4 Å². The molecule has 10 rings (SSSR count). The summed E-state index contributed by atoms with van der Waals surface area (Å²) in [4.78, 5) is 146. The molecule has 4 heterocycles. The molecule has 0 radical (unpaired) electrons. The molecule has 4 fully saturated rings. The summed E-state index contributed by atoms with van der Waals surface area (Å²) < 4.78 is 0. The van der Waals surface area contributed by atoms with E-state index in [1.807, 2.05) is 153 Å². The maximum absolute atomic E-state index is 15.3. The van der Waals surface area contributed by atoms with Crippen molar-refractivity contribution in [1.82, 2.24) is 47.0 Å². The van der Waals surface area contributed by atoms with Crippen LogP contribution in [0.25, 0.3) is 0 Å². The molecule has 6 aromatic rings. The molecule has 0 bridgehead atoms. The van der Waals surface area contributed by atoms with Gasteiger partial charge < -0.3 is 57.7 Å². The Balaban J connectivity index is 0.726. The number of unbranched alkanes of at least 4 members (excludes halogenated alkanes) is 2. The summed E-state index contributed by atoms with van der Waals surface area (Å²) in [6.07, 6.45) is 8.41. The van der Waals surface area contributed by atoms with E-state index in [0.717, 1.165) is 16.7 Å². The summed E-state index contributed by atoms with van der Waals surface area (Å²) in [6.45, 7) is 5.71. The SMILES string of the molecule is CC[C@H](NC)C(=O)N[C@@H]1C(=O)N2[C@@H](CC[C@@H]1CNC(=O)CCCNc1c(NCCCCCC(=O)C(NC(=O)[C@@H]3CC[C@@H]4CC[C@H](CCNCc5ccccc5)[C@H](NC(=O)[C@H](CC)NC)C(=O)N43)(c3ccccc3)c3ccccc3)c(=O)c1=O)CC[C@H]2C(=O)CC(c1ccccc1)c1ccccc1. The number of fused-ring (bicyclic) bond motifs is 2. The van der Waals surface area contributed by atoms with Crippen LogP contribution in [0, 0.1) is 11.8 Å². The predicted molar refractivity (Wildman–Crippen MR) is 396 cm³/mol. The molecule has 0 aromatic heterocycles. The van der Waals surface area contributed by atoms with Gasteiger partial charge in [-0.15, -0.1) is 0 Å². The quantitative estimate of drug-likeness (QED) is 0.0134. The van der Waals surface area contributed by atoms with Gasteiger partial charge in [-0.25, -0.2) is 0 Å². The highest BCUT2D eigenvalue weighted by Crippen LogP contribution is 2.40. The standard InChI is InChI=1S/C81H103N11O10/c1-5-63(82-3)76(98)88-70-56(46-49-84-51-53-26-13-7-14-27-53)38-40-61-43-45-66(92(61)79(70)101)78(100)90-81(58-32-19-10-20-33-58,59-34-21-11-22-35-59)68(94)36-23-12-24-47-85-72-73(75(97)74(72)96)86-48-25-37-69(95)87-52-57-39-41-60-42-44-65(91(60)80(102)71(57)89-77(99)64(6-2)83-4)67(93)50-62(54-28-15-8-16-29-54)55-30-17-9-18-31-55/h7-11,13-22,26-35,56-57,60-66,70-71,82-86H,5-6,12,23-25,36-52H2,1-4H3,(H,87,95)(H,88,98)(H,89,99)(H,90,100)/t56-,57-,60+,61+,63+,64+,65+,66+,70+,71+/m1/s1. The molecular formula is C81H103N11O10. The maximum Gasteiger partial charge on any atom is 0.253 e. The van der Waals surface area contributed by atoms with Gasteiger partial charge in [-0.2, -0.15) is 0 Å². The lowest BCUT2D eigenvalue weighted by Crippen LogP contribution is -2.61. The topological polar surface area (TPSA) is 285 Å². The van der Waals surface area contributed by atoms with E-state index in [2.05, 4.69) is 60.0 Å². The molecule has 4 aliphatic rings. The number of carbonyl (C=O) groups excluding carboxylic acids is 8. The van der Waals surface area contributed by atoms with Crippen molar-refractivity contribution in [1.29, 1.82) is 0 Å². The van der Waals surface area contributed by atoms with Crippen LogP contribution in [0.15, 0.2) is 161 Å². The van der Waals surface area contributed by atoms with E-state index in [1.165, 1.54) is 0 Å². The average Bonchev–Trinajstić information content (AvgIpc) is 1.18. The van der Waals surface area contributed by atoms with Crippen LogP contribution >= 0.6 is 0 Å². The fourth-order valence-corrected chi connectivity index (χ4v) is 16.0. The second-order valence-electron chi connectivity index (χ2n) is 28.0. The van der Waals surface area contributed by atoms with Gasteiger partial charge in [0.05, 0.1) is 18.1 Å². The second kappa shape index (κ2) is 36.6. The van der Waals surface area contributed by atoms with Gasteiger partial charge in [0.2, 0.25) is 35.4 Å². The molecule has 4 saturated heterocycles. The summed E-state index contributed by atoms with van der Waals surface area (Å²) in [6, 6.07) is 43.3. The first-order chi connectivity index (χ1) is 49.6. The van der Waals surface area contributed by atoms with E-state index in [1.54, 1.807) is 23.9 Å². The van der Waals surface area contributed by atoms with Gasteiger partial charge in [-0.3, -0.25) is 47.9 Å². The number of amides is 6. The van der Waals surface area contributed by atoms with Crippen LogP contribution < -0.4 is 58.7 Å². The molecule has 6 aromatic carbocycles. The van der Waals surface area contributed by atoms with Crippen LogP contribution in [-0.4, -0.2) is 145 Å². The zero-order chi connectivity index (χ0) is 72.1. The van der Waals surface area contributed by atoms with Gasteiger partial charge in [0.15, 0.2) is 11.6 Å². The minimum absolute atomic E-state index is 0.0318. The lowest BCUT2D eigenvalue weighted by atomic mass is 9.77. The van der Waals surface area contributed by atoms with Crippen LogP contribution in [0.2, 0.25) is 0 Å². The van der Waals surface area contributed by atoms with Crippen molar-refractivity contribution in [2.24, 2.45) is 11.8 Å². The van der Waals surface area contributed by atoms with Gasteiger partial charge >= 0.3 is 0 Å². The number of rotatable bonds is 37. The molecule has 0 saturated carbocycles. The molecule has 9 N–H and O–H groups in total. The van der Waals surface area contributed by atoms with Crippen molar-refractivity contribution in [3.8, 4) is 0 Å². The summed E-state index contributed by atoms with van der Waals surface area (Å²) in [5.41, 5.74) is 1.63. The smallest absolute Gasteiger partial charge is 0.253 e. The highest BCUT2D eigenvalue weighted by atomic mass is 16.2. The summed E-state index contributed by atoms with van der Waals surface area (Å²) in [5, 5.41) is 28.3. The number of hydrogen-bond donors (Lipinski definition) is 9. The molecule has 0 unspecified atom stereocenters. The van der Waals surface area contributed by atoms with E-state index in [4.69, 9.17) is 0 Å². The zero-order valence-corrected chi connectivity index (χ0v) is 59.5.